The quantitative estimate of drug-likeness (QED) is 0.355. The molecule has 0 aromatic rings. The summed E-state index contributed by atoms with van der Waals surface area (Å²) < 4.78 is 7.59. The van der Waals surface area contributed by atoms with Gasteiger partial charge in [-0.25, -0.2) is 0 Å². The van der Waals surface area contributed by atoms with Gasteiger partial charge in [-0.15, -0.1) is 0 Å². The fourth-order valence-corrected chi connectivity index (χ4v) is 12.1. The molecular formula is C33H62O2Si. The molecule has 0 aliphatic heterocycles. The summed E-state index contributed by atoms with van der Waals surface area (Å²) in [4.78, 5) is 0. The van der Waals surface area contributed by atoms with Gasteiger partial charge in [0.25, 0.3) is 0 Å². The summed E-state index contributed by atoms with van der Waals surface area (Å²) in [5.41, 5.74) is 0.925. The van der Waals surface area contributed by atoms with E-state index in [1.165, 1.54) is 57.8 Å². The maximum Gasteiger partial charge on any atom is 0.192 e. The van der Waals surface area contributed by atoms with Crippen LogP contribution in [0.3, 0.4) is 0 Å². The van der Waals surface area contributed by atoms with E-state index in [4.69, 9.17) is 4.43 Å². The minimum absolute atomic E-state index is 0.0157. The molecule has 4 saturated carbocycles. The van der Waals surface area contributed by atoms with Gasteiger partial charge in [-0.2, -0.15) is 0 Å². The molecule has 0 aromatic carbocycles. The van der Waals surface area contributed by atoms with Gasteiger partial charge in [0, 0.05) is 0 Å². The van der Waals surface area contributed by atoms with Crippen molar-refractivity contribution >= 4 is 8.32 Å². The van der Waals surface area contributed by atoms with Crippen LogP contribution in [0.15, 0.2) is 0 Å². The molecule has 1 N–H and O–H groups in total. The molecule has 0 bridgehead atoms. The lowest BCUT2D eigenvalue weighted by Crippen LogP contribution is -2.65. The highest BCUT2D eigenvalue weighted by atomic mass is 28.4. The second-order valence-corrected chi connectivity index (χ2v) is 21.6. The van der Waals surface area contributed by atoms with Gasteiger partial charge in [0.05, 0.1) is 11.7 Å². The number of aliphatic hydroxyl groups is 1. The Labute approximate surface area is 226 Å². The summed E-state index contributed by atoms with van der Waals surface area (Å²) in [7, 11) is -1.88. The van der Waals surface area contributed by atoms with Crippen LogP contribution >= 0.6 is 0 Å². The lowest BCUT2D eigenvalue weighted by atomic mass is 9.41. The van der Waals surface area contributed by atoms with Crippen molar-refractivity contribution in [2.75, 3.05) is 0 Å². The molecular weight excluding hydrogens is 456 g/mol. The van der Waals surface area contributed by atoms with Crippen LogP contribution in [-0.2, 0) is 4.43 Å². The highest BCUT2D eigenvalue weighted by Crippen LogP contribution is 2.71. The normalized spacial score (nSPS) is 47.0. The van der Waals surface area contributed by atoms with Crippen molar-refractivity contribution in [3.8, 4) is 0 Å². The van der Waals surface area contributed by atoms with Crippen LogP contribution in [0.5, 0.6) is 0 Å². The second-order valence-electron chi connectivity index (χ2n) is 16.8. The summed E-state index contributed by atoms with van der Waals surface area (Å²) in [6, 6.07) is 0. The molecule has 0 saturated heterocycles. The number of hydrogen-bond acceptors (Lipinski definition) is 2. The molecule has 2 nitrogen and oxygen atoms in total. The van der Waals surface area contributed by atoms with E-state index < -0.39 is 8.32 Å². The molecule has 210 valence electrons. The average molecular weight is 519 g/mol. The number of hydrogen-bond donors (Lipinski definition) is 1. The SMILES string of the molecule is CC(O)CCC(C)C1CCC2C3C[C@](C)(O[Si](C)(C)C(C)(C)C)[C@@H]4C[C@H](C)CC[C@]4(C)C3CC[C@]12C. The van der Waals surface area contributed by atoms with Crippen LogP contribution in [0.25, 0.3) is 0 Å². The Kier molecular flexibility index (Phi) is 7.81. The first-order chi connectivity index (χ1) is 16.4. The standard InChI is InChI=1S/C33H62O2Si/c1-22-16-18-32(8)28-17-19-31(7)26(23(2)12-13-24(3)34)14-15-27(31)25(28)21-33(9,29(32)20-22)35-36(10,11)30(4,5)6/h22-29,34H,12-21H2,1-11H3/t22-,23?,24?,25?,26?,27?,28?,29-,31-,32-,33+/m1/s1. The van der Waals surface area contributed by atoms with Crippen LogP contribution in [0.1, 0.15) is 127 Å². The van der Waals surface area contributed by atoms with Crippen molar-refractivity contribution in [2.45, 2.75) is 156 Å². The summed E-state index contributed by atoms with van der Waals surface area (Å²) in [5, 5.41) is 10.2. The summed E-state index contributed by atoms with van der Waals surface area (Å²) >= 11 is 0. The van der Waals surface area contributed by atoms with Crippen LogP contribution in [0.2, 0.25) is 18.1 Å². The topological polar surface area (TPSA) is 29.5 Å². The van der Waals surface area contributed by atoms with E-state index in [0.717, 1.165) is 41.9 Å². The van der Waals surface area contributed by atoms with E-state index in [-0.39, 0.29) is 16.7 Å². The molecule has 4 fully saturated rings. The fraction of sp³-hybridized carbons (Fsp3) is 1.00. The summed E-state index contributed by atoms with van der Waals surface area (Å²) in [6.45, 7) is 27.2. The summed E-state index contributed by atoms with van der Waals surface area (Å²) in [6.07, 6.45) is 13.2. The number of rotatable bonds is 6. The van der Waals surface area contributed by atoms with Crippen LogP contribution in [0, 0.1) is 52.3 Å². The highest BCUT2D eigenvalue weighted by molar-refractivity contribution is 6.74. The molecule has 36 heavy (non-hydrogen) atoms. The molecule has 11 atom stereocenters. The molecule has 4 rings (SSSR count). The number of fused-ring (bicyclic) bond motifs is 5. The molecule has 0 radical (unpaired) electrons. The monoisotopic (exact) mass is 518 g/mol. The van der Waals surface area contributed by atoms with Gasteiger partial charge in [0.1, 0.15) is 0 Å². The Hall–Kier alpha value is 0.137. The maximum atomic E-state index is 9.95. The van der Waals surface area contributed by atoms with Gasteiger partial charge in [0.15, 0.2) is 8.32 Å². The zero-order valence-corrected chi connectivity index (χ0v) is 27.0. The van der Waals surface area contributed by atoms with Crippen molar-refractivity contribution in [3.63, 3.8) is 0 Å². The van der Waals surface area contributed by atoms with Crippen molar-refractivity contribution in [2.24, 2.45) is 52.3 Å². The van der Waals surface area contributed by atoms with Crippen molar-refractivity contribution in [1.82, 2.24) is 0 Å². The van der Waals surface area contributed by atoms with Crippen LogP contribution in [-0.4, -0.2) is 25.1 Å². The van der Waals surface area contributed by atoms with Crippen molar-refractivity contribution in [3.05, 3.63) is 0 Å². The Morgan fingerprint density at radius 2 is 1.53 bits per heavy atom. The minimum atomic E-state index is -1.88. The first kappa shape index (κ1) is 29.1. The third kappa shape index (κ3) is 4.83. The Balaban J connectivity index is 1.67. The molecule has 0 heterocycles. The van der Waals surface area contributed by atoms with Gasteiger partial charge in [-0.05, 0) is 142 Å². The van der Waals surface area contributed by atoms with Gasteiger partial charge in [0.2, 0.25) is 0 Å². The van der Waals surface area contributed by atoms with Gasteiger partial charge in [-0.1, -0.05) is 54.9 Å². The molecule has 3 heteroatoms. The highest BCUT2D eigenvalue weighted by Gasteiger charge is 2.66. The Bertz CT molecular complexity index is 785. The van der Waals surface area contributed by atoms with E-state index in [0.29, 0.717) is 16.7 Å². The molecule has 4 aliphatic rings. The molecule has 4 aliphatic carbocycles. The van der Waals surface area contributed by atoms with Crippen molar-refractivity contribution in [1.29, 1.82) is 0 Å². The van der Waals surface area contributed by atoms with Crippen LogP contribution < -0.4 is 0 Å². The predicted octanol–water partition coefficient (Wildman–Crippen LogP) is 9.47. The molecule has 0 aromatic heterocycles. The third-order valence-electron chi connectivity index (χ3n) is 13.4. The largest absolute Gasteiger partial charge is 0.411 e. The van der Waals surface area contributed by atoms with E-state index in [2.05, 4.69) is 68.5 Å². The molecule has 6 unspecified atom stereocenters. The van der Waals surface area contributed by atoms with E-state index in [9.17, 15) is 5.11 Å². The van der Waals surface area contributed by atoms with Crippen LogP contribution in [0.4, 0.5) is 0 Å². The van der Waals surface area contributed by atoms with E-state index in [1.807, 2.05) is 6.92 Å². The van der Waals surface area contributed by atoms with E-state index in [1.54, 1.807) is 0 Å². The molecule has 0 amide bonds. The maximum absolute atomic E-state index is 9.95. The smallest absolute Gasteiger partial charge is 0.192 e. The zero-order valence-electron chi connectivity index (χ0n) is 26.0. The van der Waals surface area contributed by atoms with Crippen molar-refractivity contribution < 1.29 is 9.53 Å². The van der Waals surface area contributed by atoms with E-state index >= 15 is 0 Å². The molecule has 0 spiro atoms. The minimum Gasteiger partial charge on any atom is -0.411 e. The van der Waals surface area contributed by atoms with Gasteiger partial charge in [-0.3, -0.25) is 0 Å². The van der Waals surface area contributed by atoms with Gasteiger partial charge >= 0.3 is 0 Å². The lowest BCUT2D eigenvalue weighted by Gasteiger charge is -2.67. The third-order valence-corrected chi connectivity index (χ3v) is 18.0. The lowest BCUT2D eigenvalue weighted by molar-refractivity contribution is -0.198. The average Bonchev–Trinajstić information content (AvgIpc) is 3.10. The Morgan fingerprint density at radius 3 is 2.14 bits per heavy atom. The first-order valence-electron chi connectivity index (χ1n) is 15.8. The first-order valence-corrected chi connectivity index (χ1v) is 18.7. The number of aliphatic hydroxyl groups excluding tert-OH is 1. The zero-order chi connectivity index (χ0) is 26.9. The van der Waals surface area contributed by atoms with Gasteiger partial charge < -0.3 is 9.53 Å². The Morgan fingerprint density at radius 1 is 0.917 bits per heavy atom. The fourth-order valence-electron chi connectivity index (χ4n) is 10.4. The second kappa shape index (κ2) is 9.65. The summed E-state index contributed by atoms with van der Waals surface area (Å²) in [5.74, 6) is 5.65. The predicted molar refractivity (Wildman–Crippen MR) is 157 cm³/mol.